The molecule has 1 amide bonds. The predicted molar refractivity (Wildman–Crippen MR) is 78.8 cm³/mol. The van der Waals surface area contributed by atoms with Crippen molar-refractivity contribution >= 4 is 17.6 Å². The number of aromatic carboxylic acids is 1. The minimum atomic E-state index is -1.14. The SMILES string of the molecule is CCc1ccccc1C(=O)Nc1ccc(C(=O)O)cc1O. The maximum atomic E-state index is 12.2. The Bertz CT molecular complexity index is 694. The third kappa shape index (κ3) is 3.20. The minimum Gasteiger partial charge on any atom is -0.506 e. The molecule has 0 spiro atoms. The van der Waals surface area contributed by atoms with Crippen LogP contribution in [0.4, 0.5) is 5.69 Å². The van der Waals surface area contributed by atoms with Gasteiger partial charge in [0.25, 0.3) is 5.91 Å². The fourth-order valence-corrected chi connectivity index (χ4v) is 2.01. The normalized spacial score (nSPS) is 10.1. The van der Waals surface area contributed by atoms with Crippen molar-refractivity contribution in [3.05, 3.63) is 59.2 Å². The first-order chi connectivity index (χ1) is 10.0. The molecule has 2 aromatic carbocycles. The number of nitrogens with one attached hydrogen (secondary N) is 1. The lowest BCUT2D eigenvalue weighted by Crippen LogP contribution is -2.14. The fourth-order valence-electron chi connectivity index (χ4n) is 2.01. The number of amides is 1. The lowest BCUT2D eigenvalue weighted by atomic mass is 10.0. The zero-order valence-electron chi connectivity index (χ0n) is 11.5. The van der Waals surface area contributed by atoms with Crippen molar-refractivity contribution in [3.63, 3.8) is 0 Å². The van der Waals surface area contributed by atoms with Crippen LogP contribution >= 0.6 is 0 Å². The summed E-state index contributed by atoms with van der Waals surface area (Å²) in [6, 6.07) is 11.0. The van der Waals surface area contributed by atoms with Gasteiger partial charge >= 0.3 is 5.97 Å². The average Bonchev–Trinajstić information content (AvgIpc) is 2.48. The molecule has 108 valence electrons. The standard InChI is InChI=1S/C16H15NO4/c1-2-10-5-3-4-6-12(10)15(19)17-13-8-7-11(16(20)21)9-14(13)18/h3-9,18H,2H2,1H3,(H,17,19)(H,20,21). The second-order valence-electron chi connectivity index (χ2n) is 4.50. The number of anilines is 1. The number of benzene rings is 2. The average molecular weight is 285 g/mol. The summed E-state index contributed by atoms with van der Waals surface area (Å²) in [4.78, 5) is 23.0. The molecular weight excluding hydrogens is 270 g/mol. The third-order valence-corrected chi connectivity index (χ3v) is 3.14. The van der Waals surface area contributed by atoms with Crippen LogP contribution in [0.5, 0.6) is 5.75 Å². The van der Waals surface area contributed by atoms with Gasteiger partial charge in [0.2, 0.25) is 0 Å². The van der Waals surface area contributed by atoms with Crippen molar-refractivity contribution < 1.29 is 19.8 Å². The van der Waals surface area contributed by atoms with Gasteiger partial charge < -0.3 is 15.5 Å². The van der Waals surface area contributed by atoms with E-state index >= 15 is 0 Å². The molecule has 21 heavy (non-hydrogen) atoms. The number of phenols is 1. The van der Waals surface area contributed by atoms with Gasteiger partial charge in [0.1, 0.15) is 5.75 Å². The predicted octanol–water partition coefficient (Wildman–Crippen LogP) is 2.91. The number of hydrogen-bond donors (Lipinski definition) is 3. The second kappa shape index (κ2) is 6.09. The number of carboxylic acid groups (broad SMARTS) is 1. The molecule has 0 bridgehead atoms. The van der Waals surface area contributed by atoms with E-state index in [0.717, 1.165) is 11.6 Å². The molecule has 0 aromatic heterocycles. The maximum Gasteiger partial charge on any atom is 0.335 e. The van der Waals surface area contributed by atoms with Crippen LogP contribution < -0.4 is 5.32 Å². The highest BCUT2D eigenvalue weighted by atomic mass is 16.4. The molecule has 0 saturated heterocycles. The van der Waals surface area contributed by atoms with Crippen LogP contribution in [0.15, 0.2) is 42.5 Å². The van der Waals surface area contributed by atoms with Crippen LogP contribution in [-0.4, -0.2) is 22.1 Å². The third-order valence-electron chi connectivity index (χ3n) is 3.14. The summed E-state index contributed by atoms with van der Waals surface area (Å²) in [6.07, 6.45) is 0.716. The Hall–Kier alpha value is -2.82. The molecule has 0 saturated carbocycles. The van der Waals surface area contributed by atoms with Crippen LogP contribution in [0.3, 0.4) is 0 Å². The molecule has 2 rings (SSSR count). The van der Waals surface area contributed by atoms with Gasteiger partial charge in [-0.2, -0.15) is 0 Å². The quantitative estimate of drug-likeness (QED) is 0.754. The van der Waals surface area contributed by atoms with Crippen molar-refractivity contribution in [2.24, 2.45) is 0 Å². The van der Waals surface area contributed by atoms with Gasteiger partial charge in [-0.1, -0.05) is 25.1 Å². The molecule has 0 fully saturated rings. The van der Waals surface area contributed by atoms with Crippen molar-refractivity contribution in [2.45, 2.75) is 13.3 Å². The fraction of sp³-hybridized carbons (Fsp3) is 0.125. The summed E-state index contributed by atoms with van der Waals surface area (Å²) < 4.78 is 0. The van der Waals surface area contributed by atoms with E-state index < -0.39 is 5.97 Å². The Kier molecular flexibility index (Phi) is 4.23. The van der Waals surface area contributed by atoms with Gasteiger partial charge in [0, 0.05) is 5.56 Å². The number of carboxylic acids is 1. The maximum absolute atomic E-state index is 12.2. The summed E-state index contributed by atoms with van der Waals surface area (Å²) in [5.41, 5.74) is 1.56. The van der Waals surface area contributed by atoms with Crippen LogP contribution in [0.25, 0.3) is 0 Å². The first-order valence-corrected chi connectivity index (χ1v) is 6.48. The molecule has 0 unspecified atom stereocenters. The monoisotopic (exact) mass is 285 g/mol. The zero-order chi connectivity index (χ0) is 15.4. The van der Waals surface area contributed by atoms with Crippen molar-refractivity contribution in [2.75, 3.05) is 5.32 Å². The van der Waals surface area contributed by atoms with Gasteiger partial charge in [0.15, 0.2) is 0 Å². The second-order valence-corrected chi connectivity index (χ2v) is 4.50. The van der Waals surface area contributed by atoms with Crippen LogP contribution in [-0.2, 0) is 6.42 Å². The number of aryl methyl sites for hydroxylation is 1. The molecule has 0 aliphatic heterocycles. The number of hydrogen-bond acceptors (Lipinski definition) is 3. The highest BCUT2D eigenvalue weighted by Gasteiger charge is 2.13. The molecule has 5 heteroatoms. The van der Waals surface area contributed by atoms with Crippen molar-refractivity contribution in [1.29, 1.82) is 0 Å². The number of aromatic hydroxyl groups is 1. The van der Waals surface area contributed by atoms with Crippen molar-refractivity contribution in [1.82, 2.24) is 0 Å². The highest BCUT2D eigenvalue weighted by Crippen LogP contribution is 2.25. The van der Waals surface area contributed by atoms with E-state index in [0.29, 0.717) is 12.0 Å². The number of phenolic OH excluding ortho intramolecular Hbond substituents is 1. The first-order valence-electron chi connectivity index (χ1n) is 6.48. The molecule has 0 atom stereocenters. The number of carbonyl (C=O) groups is 2. The Morgan fingerprint density at radius 2 is 1.86 bits per heavy atom. The van der Waals surface area contributed by atoms with E-state index in [1.54, 1.807) is 12.1 Å². The molecule has 0 heterocycles. The molecule has 2 aromatic rings. The van der Waals surface area contributed by atoms with Gasteiger partial charge in [-0.15, -0.1) is 0 Å². The molecular formula is C16H15NO4. The van der Waals surface area contributed by atoms with Gasteiger partial charge in [-0.05, 0) is 36.2 Å². The summed E-state index contributed by atoms with van der Waals surface area (Å²) in [5.74, 6) is -1.76. The molecule has 3 N–H and O–H groups in total. The first kappa shape index (κ1) is 14.6. The van der Waals surface area contributed by atoms with E-state index in [2.05, 4.69) is 5.32 Å². The Morgan fingerprint density at radius 1 is 1.14 bits per heavy atom. The lowest BCUT2D eigenvalue weighted by molar-refractivity contribution is 0.0696. The Balaban J connectivity index is 2.26. The molecule has 0 radical (unpaired) electrons. The molecule has 0 aliphatic carbocycles. The summed E-state index contributed by atoms with van der Waals surface area (Å²) in [5, 5.41) is 21.2. The Morgan fingerprint density at radius 3 is 2.48 bits per heavy atom. The van der Waals surface area contributed by atoms with Crippen LogP contribution in [0, 0.1) is 0 Å². The Labute approximate surface area is 121 Å². The topological polar surface area (TPSA) is 86.6 Å². The van der Waals surface area contributed by atoms with E-state index in [1.165, 1.54) is 12.1 Å². The minimum absolute atomic E-state index is 0.0422. The van der Waals surface area contributed by atoms with Gasteiger partial charge in [-0.3, -0.25) is 4.79 Å². The number of carbonyl (C=O) groups excluding carboxylic acids is 1. The molecule has 0 aliphatic rings. The van der Waals surface area contributed by atoms with E-state index in [4.69, 9.17) is 5.11 Å². The van der Waals surface area contributed by atoms with Crippen LogP contribution in [0.2, 0.25) is 0 Å². The van der Waals surface area contributed by atoms with E-state index in [-0.39, 0.29) is 22.9 Å². The summed E-state index contributed by atoms with van der Waals surface area (Å²) in [7, 11) is 0. The largest absolute Gasteiger partial charge is 0.506 e. The zero-order valence-corrected chi connectivity index (χ0v) is 11.5. The smallest absolute Gasteiger partial charge is 0.335 e. The van der Waals surface area contributed by atoms with E-state index in [9.17, 15) is 14.7 Å². The van der Waals surface area contributed by atoms with Gasteiger partial charge in [0.05, 0.1) is 11.3 Å². The summed E-state index contributed by atoms with van der Waals surface area (Å²) >= 11 is 0. The summed E-state index contributed by atoms with van der Waals surface area (Å²) in [6.45, 7) is 1.95. The number of rotatable bonds is 4. The molecule has 5 nitrogen and oxygen atoms in total. The lowest BCUT2D eigenvalue weighted by Gasteiger charge is -2.10. The van der Waals surface area contributed by atoms with Gasteiger partial charge in [-0.25, -0.2) is 4.79 Å². The van der Waals surface area contributed by atoms with Crippen molar-refractivity contribution in [3.8, 4) is 5.75 Å². The van der Waals surface area contributed by atoms with E-state index in [1.807, 2.05) is 19.1 Å². The highest BCUT2D eigenvalue weighted by molar-refractivity contribution is 6.06. The van der Waals surface area contributed by atoms with Crippen LogP contribution in [0.1, 0.15) is 33.2 Å².